The number of piperidine rings is 1. The third kappa shape index (κ3) is 4.40. The van der Waals surface area contributed by atoms with Gasteiger partial charge in [-0.2, -0.15) is 0 Å². The Bertz CT molecular complexity index is 915. The molecule has 1 aliphatic heterocycles. The third-order valence-corrected chi connectivity index (χ3v) is 5.83. The smallest absolute Gasteiger partial charge is 0.113 e. The zero-order valence-electron chi connectivity index (χ0n) is 16.5. The number of rotatable bonds is 7. The van der Waals surface area contributed by atoms with E-state index in [1.807, 2.05) is 19.1 Å². The molecule has 0 bridgehead atoms. The van der Waals surface area contributed by atoms with Gasteiger partial charge in [-0.15, -0.1) is 0 Å². The molecule has 4 nitrogen and oxygen atoms in total. The lowest BCUT2D eigenvalue weighted by Gasteiger charge is -2.32. The molecule has 0 atom stereocenters. The molecule has 0 saturated carbocycles. The molecule has 0 unspecified atom stereocenters. The molecule has 2 heterocycles. The Balaban J connectivity index is 1.46. The van der Waals surface area contributed by atoms with Gasteiger partial charge in [0.05, 0.1) is 17.6 Å². The summed E-state index contributed by atoms with van der Waals surface area (Å²) in [6.07, 6.45) is 2.27. The van der Waals surface area contributed by atoms with Gasteiger partial charge in [-0.1, -0.05) is 35.9 Å². The van der Waals surface area contributed by atoms with Gasteiger partial charge in [0, 0.05) is 30.6 Å². The number of hydrogen-bond donors (Lipinski definition) is 0. The summed E-state index contributed by atoms with van der Waals surface area (Å²) in [5.74, 6) is 1.73. The average molecular weight is 398 g/mol. The highest BCUT2D eigenvalue weighted by molar-refractivity contribution is 6.30. The second-order valence-corrected chi connectivity index (χ2v) is 7.92. The zero-order valence-corrected chi connectivity index (χ0v) is 17.2. The van der Waals surface area contributed by atoms with E-state index in [1.54, 1.807) is 0 Å². The molecule has 0 aliphatic carbocycles. The molecule has 0 spiro atoms. The van der Waals surface area contributed by atoms with Gasteiger partial charge >= 0.3 is 0 Å². The van der Waals surface area contributed by atoms with Crippen LogP contribution in [0.25, 0.3) is 11.0 Å². The van der Waals surface area contributed by atoms with Crippen molar-refractivity contribution < 1.29 is 4.74 Å². The lowest BCUT2D eigenvalue weighted by molar-refractivity contribution is 0.138. The van der Waals surface area contributed by atoms with Crippen molar-refractivity contribution in [3.63, 3.8) is 0 Å². The summed E-state index contributed by atoms with van der Waals surface area (Å²) in [6, 6.07) is 16.6. The van der Waals surface area contributed by atoms with Crippen LogP contribution in [0.3, 0.4) is 0 Å². The zero-order chi connectivity index (χ0) is 19.3. The predicted octanol–water partition coefficient (Wildman–Crippen LogP) is 5.11. The molecule has 1 aliphatic rings. The molecule has 0 radical (unpaired) electrons. The molecule has 1 saturated heterocycles. The van der Waals surface area contributed by atoms with Gasteiger partial charge in [-0.05, 0) is 62.7 Å². The normalized spacial score (nSPS) is 16.1. The van der Waals surface area contributed by atoms with Crippen molar-refractivity contribution in [2.75, 3.05) is 26.3 Å². The van der Waals surface area contributed by atoms with E-state index in [0.29, 0.717) is 5.92 Å². The molecule has 5 heteroatoms. The Kier molecular flexibility index (Phi) is 6.30. The number of fused-ring (bicyclic) bond motifs is 1. The Morgan fingerprint density at radius 1 is 1.11 bits per heavy atom. The molecular weight excluding hydrogens is 370 g/mol. The highest BCUT2D eigenvalue weighted by Gasteiger charge is 2.25. The molecule has 28 heavy (non-hydrogen) atoms. The predicted molar refractivity (Wildman–Crippen MR) is 115 cm³/mol. The molecule has 0 N–H and O–H groups in total. The van der Waals surface area contributed by atoms with Crippen LogP contribution in [0, 0.1) is 0 Å². The number of benzene rings is 2. The van der Waals surface area contributed by atoms with Crippen LogP contribution in [0.2, 0.25) is 5.02 Å². The van der Waals surface area contributed by atoms with Gasteiger partial charge in [0.25, 0.3) is 0 Å². The molecule has 0 amide bonds. The van der Waals surface area contributed by atoms with Crippen LogP contribution in [0.5, 0.6) is 0 Å². The van der Waals surface area contributed by atoms with Gasteiger partial charge in [-0.3, -0.25) is 4.90 Å². The van der Waals surface area contributed by atoms with Crippen LogP contribution in [0.15, 0.2) is 48.5 Å². The summed E-state index contributed by atoms with van der Waals surface area (Å²) in [5.41, 5.74) is 3.60. The van der Waals surface area contributed by atoms with Crippen LogP contribution < -0.4 is 0 Å². The van der Waals surface area contributed by atoms with Crippen LogP contribution in [0.1, 0.15) is 37.1 Å². The van der Waals surface area contributed by atoms with E-state index in [1.165, 1.54) is 16.9 Å². The summed E-state index contributed by atoms with van der Waals surface area (Å²) in [7, 11) is 0. The Morgan fingerprint density at radius 3 is 2.71 bits per heavy atom. The number of para-hydroxylation sites is 2. The van der Waals surface area contributed by atoms with E-state index < -0.39 is 0 Å². The van der Waals surface area contributed by atoms with Crippen molar-refractivity contribution >= 4 is 22.6 Å². The molecule has 1 fully saturated rings. The monoisotopic (exact) mass is 397 g/mol. The number of halogens is 1. The molecule has 1 aromatic heterocycles. The van der Waals surface area contributed by atoms with E-state index in [-0.39, 0.29) is 0 Å². The molecular formula is C23H28ClN3O. The first-order chi connectivity index (χ1) is 13.7. The standard InChI is InChI=1S/C23H28ClN3O/c1-2-28-15-14-27-22-9-4-3-8-21(22)25-23(27)19-10-12-26(13-11-19)17-18-6-5-7-20(24)16-18/h3-9,16,19H,2,10-15,17H2,1H3. The van der Waals surface area contributed by atoms with Crippen LogP contribution in [0.4, 0.5) is 0 Å². The van der Waals surface area contributed by atoms with E-state index >= 15 is 0 Å². The largest absolute Gasteiger partial charge is 0.380 e. The molecule has 4 rings (SSSR count). The first-order valence-corrected chi connectivity index (χ1v) is 10.6. The number of aromatic nitrogens is 2. The Hall–Kier alpha value is -1.88. The maximum Gasteiger partial charge on any atom is 0.113 e. The minimum absolute atomic E-state index is 0.504. The second-order valence-electron chi connectivity index (χ2n) is 7.49. The number of likely N-dealkylation sites (tertiary alicyclic amines) is 1. The quantitative estimate of drug-likeness (QED) is 0.519. The van der Waals surface area contributed by atoms with E-state index in [4.69, 9.17) is 21.3 Å². The Labute approximate surface area is 172 Å². The number of imidazole rings is 1. The first-order valence-electron chi connectivity index (χ1n) is 10.2. The third-order valence-electron chi connectivity index (χ3n) is 5.60. The maximum absolute atomic E-state index is 6.13. The van der Waals surface area contributed by atoms with E-state index in [0.717, 1.165) is 62.8 Å². The van der Waals surface area contributed by atoms with Gasteiger partial charge < -0.3 is 9.30 Å². The SMILES string of the molecule is CCOCCn1c(C2CCN(Cc3cccc(Cl)c3)CC2)nc2ccccc21. The number of ether oxygens (including phenoxy) is 1. The molecule has 3 aromatic rings. The fourth-order valence-corrected chi connectivity index (χ4v) is 4.40. The van der Waals surface area contributed by atoms with Gasteiger partial charge in [0.2, 0.25) is 0 Å². The van der Waals surface area contributed by atoms with Crippen LogP contribution in [-0.2, 0) is 17.8 Å². The topological polar surface area (TPSA) is 30.3 Å². The summed E-state index contributed by atoms with van der Waals surface area (Å²) < 4.78 is 8.00. The minimum atomic E-state index is 0.504. The fourth-order valence-electron chi connectivity index (χ4n) is 4.18. The lowest BCUT2D eigenvalue weighted by Crippen LogP contribution is -2.33. The highest BCUT2D eigenvalue weighted by atomic mass is 35.5. The van der Waals surface area contributed by atoms with Crippen molar-refractivity contribution in [1.82, 2.24) is 14.5 Å². The summed E-state index contributed by atoms with van der Waals surface area (Å²) in [6.45, 7) is 7.54. The van der Waals surface area contributed by atoms with Gasteiger partial charge in [0.15, 0.2) is 0 Å². The summed E-state index contributed by atoms with van der Waals surface area (Å²) in [5, 5.41) is 0.815. The van der Waals surface area contributed by atoms with Crippen molar-refractivity contribution in [2.24, 2.45) is 0 Å². The molecule has 2 aromatic carbocycles. The maximum atomic E-state index is 6.13. The highest BCUT2D eigenvalue weighted by Crippen LogP contribution is 2.31. The Morgan fingerprint density at radius 2 is 1.93 bits per heavy atom. The average Bonchev–Trinajstić information content (AvgIpc) is 3.08. The van der Waals surface area contributed by atoms with Crippen molar-refractivity contribution in [2.45, 2.75) is 38.8 Å². The van der Waals surface area contributed by atoms with E-state index in [9.17, 15) is 0 Å². The van der Waals surface area contributed by atoms with Gasteiger partial charge in [-0.25, -0.2) is 4.98 Å². The van der Waals surface area contributed by atoms with Crippen molar-refractivity contribution in [3.05, 3.63) is 64.9 Å². The van der Waals surface area contributed by atoms with Gasteiger partial charge in [0.1, 0.15) is 5.82 Å². The van der Waals surface area contributed by atoms with Crippen molar-refractivity contribution in [3.8, 4) is 0 Å². The fraction of sp³-hybridized carbons (Fsp3) is 0.435. The van der Waals surface area contributed by atoms with Crippen LogP contribution in [-0.4, -0.2) is 40.8 Å². The molecule has 148 valence electrons. The van der Waals surface area contributed by atoms with E-state index in [2.05, 4.69) is 45.9 Å². The summed E-state index contributed by atoms with van der Waals surface area (Å²) >= 11 is 6.13. The lowest BCUT2D eigenvalue weighted by atomic mass is 9.95. The van der Waals surface area contributed by atoms with Crippen LogP contribution >= 0.6 is 11.6 Å². The van der Waals surface area contributed by atoms with Crippen molar-refractivity contribution in [1.29, 1.82) is 0 Å². The number of nitrogens with zero attached hydrogens (tertiary/aromatic N) is 3. The first kappa shape index (κ1) is 19.4. The number of hydrogen-bond acceptors (Lipinski definition) is 3. The minimum Gasteiger partial charge on any atom is -0.380 e. The second kappa shape index (κ2) is 9.08. The summed E-state index contributed by atoms with van der Waals surface area (Å²) in [4.78, 5) is 7.53.